The molecule has 1 aliphatic carbocycles. The molecule has 0 N–H and O–H groups in total. The summed E-state index contributed by atoms with van der Waals surface area (Å²) in [6, 6.07) is 10.1. The third kappa shape index (κ3) is 4.28. The van der Waals surface area contributed by atoms with Gasteiger partial charge in [0, 0.05) is 7.11 Å². The fourth-order valence-electron chi connectivity index (χ4n) is 2.90. The second-order valence-corrected chi connectivity index (χ2v) is 11.3. The molecule has 0 heterocycles. The van der Waals surface area contributed by atoms with E-state index in [4.69, 9.17) is 9.16 Å². The van der Waals surface area contributed by atoms with E-state index in [1.807, 2.05) is 36.4 Å². The van der Waals surface area contributed by atoms with Gasteiger partial charge in [0.1, 0.15) is 0 Å². The minimum Gasteiger partial charge on any atom is -0.387 e. The fraction of sp³-hybridized carbons (Fsp3) is 0.421. The van der Waals surface area contributed by atoms with Crippen LogP contribution in [0, 0.1) is 0 Å². The van der Waals surface area contributed by atoms with Crippen molar-refractivity contribution in [2.45, 2.75) is 44.7 Å². The van der Waals surface area contributed by atoms with Gasteiger partial charge in [0.25, 0.3) is 0 Å². The van der Waals surface area contributed by atoms with Crippen LogP contribution >= 0.6 is 0 Å². The van der Waals surface area contributed by atoms with Crippen LogP contribution in [0.1, 0.15) is 24.8 Å². The Hall–Kier alpha value is -1.49. The summed E-state index contributed by atoms with van der Waals surface area (Å²) >= 11 is 0. The molecule has 1 aromatic rings. The van der Waals surface area contributed by atoms with Crippen molar-refractivity contribution in [3.05, 3.63) is 59.7 Å². The summed E-state index contributed by atoms with van der Waals surface area (Å²) in [5.41, 5.74) is 1.88. The van der Waals surface area contributed by atoms with Crippen molar-refractivity contribution in [1.29, 1.82) is 0 Å². The number of rotatable bonds is 5. The number of carbonyl (C=O) groups excluding carboxylic acids is 1. The first-order valence-corrected chi connectivity index (χ1v) is 11.4. The predicted octanol–water partition coefficient (Wildman–Crippen LogP) is 4.44. The second-order valence-electron chi connectivity index (χ2n) is 6.88. The number of allylic oxidation sites excluding steroid dienone is 2. The number of Topliss-reactive ketones (excluding diaryl/α,β-unsaturated/α-hetero) is 1. The van der Waals surface area contributed by atoms with E-state index >= 15 is 0 Å². The number of hydrogen-bond donors (Lipinski definition) is 0. The lowest BCUT2D eigenvalue weighted by atomic mass is 9.89. The Bertz CT molecular complexity index is 613. The first kappa shape index (κ1) is 17.9. The maximum absolute atomic E-state index is 11.9. The first-order valence-electron chi connectivity index (χ1n) is 7.97. The first-order chi connectivity index (χ1) is 10.8. The highest BCUT2D eigenvalue weighted by Gasteiger charge is 2.42. The van der Waals surface area contributed by atoms with E-state index in [0.717, 1.165) is 11.1 Å². The molecule has 1 aliphatic rings. The lowest BCUT2D eigenvalue weighted by Gasteiger charge is -2.40. The van der Waals surface area contributed by atoms with Crippen molar-refractivity contribution in [2.75, 3.05) is 7.11 Å². The highest BCUT2D eigenvalue weighted by molar-refractivity contribution is 6.69. The van der Waals surface area contributed by atoms with Gasteiger partial charge in [-0.15, -0.1) is 0 Å². The molecular formula is C19H26O3Si. The topological polar surface area (TPSA) is 35.5 Å². The van der Waals surface area contributed by atoms with Crippen LogP contribution in [0.3, 0.4) is 0 Å². The van der Waals surface area contributed by atoms with E-state index < -0.39 is 14.1 Å². The summed E-state index contributed by atoms with van der Waals surface area (Å²) in [7, 11) is -0.201. The van der Waals surface area contributed by atoms with Crippen LogP contribution in [-0.2, 0) is 14.0 Å². The number of ketones is 1. The van der Waals surface area contributed by atoms with Crippen LogP contribution in [0.5, 0.6) is 0 Å². The third-order valence-corrected chi connectivity index (χ3v) is 4.82. The minimum absolute atomic E-state index is 0.0930. The second kappa shape index (κ2) is 6.95. The smallest absolute Gasteiger partial charge is 0.188 e. The summed E-state index contributed by atoms with van der Waals surface area (Å²) in [6.45, 7) is 8.04. The predicted molar refractivity (Wildman–Crippen MR) is 95.9 cm³/mol. The molecule has 2 atom stereocenters. The number of carbonyl (C=O) groups is 1. The third-order valence-electron chi connectivity index (χ3n) is 3.88. The Morgan fingerprint density at radius 3 is 2.39 bits per heavy atom. The summed E-state index contributed by atoms with van der Waals surface area (Å²) in [5, 5.41) is 0. The van der Waals surface area contributed by atoms with Gasteiger partial charge in [-0.1, -0.05) is 42.5 Å². The highest BCUT2D eigenvalue weighted by Crippen LogP contribution is 2.40. The summed E-state index contributed by atoms with van der Waals surface area (Å²) < 4.78 is 12.4. The molecule has 3 nitrogen and oxygen atoms in total. The van der Waals surface area contributed by atoms with Crippen LogP contribution in [0.4, 0.5) is 0 Å². The van der Waals surface area contributed by atoms with Crippen molar-refractivity contribution < 1.29 is 14.0 Å². The molecule has 0 radical (unpaired) electrons. The molecule has 0 aliphatic heterocycles. The van der Waals surface area contributed by atoms with Crippen molar-refractivity contribution >= 4 is 14.1 Å². The zero-order valence-electron chi connectivity index (χ0n) is 14.6. The van der Waals surface area contributed by atoms with Crippen molar-refractivity contribution in [3.63, 3.8) is 0 Å². The molecule has 0 amide bonds. The maximum Gasteiger partial charge on any atom is 0.188 e. The molecule has 2 unspecified atom stereocenters. The molecule has 23 heavy (non-hydrogen) atoms. The van der Waals surface area contributed by atoms with Gasteiger partial charge in [0.2, 0.25) is 0 Å². The molecule has 4 heteroatoms. The minimum atomic E-state index is -1.87. The summed E-state index contributed by atoms with van der Waals surface area (Å²) in [6.07, 6.45) is 6.59. The highest BCUT2D eigenvalue weighted by atomic mass is 28.4. The van der Waals surface area contributed by atoms with Gasteiger partial charge in [0.15, 0.2) is 19.9 Å². The van der Waals surface area contributed by atoms with Crippen LogP contribution in [-0.4, -0.2) is 27.0 Å². The van der Waals surface area contributed by atoms with Gasteiger partial charge in [0.05, 0.1) is 5.92 Å². The number of hydrogen-bond acceptors (Lipinski definition) is 3. The van der Waals surface area contributed by atoms with Crippen LogP contribution in [0.15, 0.2) is 54.1 Å². The molecule has 0 aromatic heterocycles. The van der Waals surface area contributed by atoms with Crippen LogP contribution in [0.2, 0.25) is 19.6 Å². The lowest BCUT2D eigenvalue weighted by Crippen LogP contribution is -2.46. The SMILES string of the molecule is COC1(O[Si](C)(C)C)C=CCC(C(C)=O)=CC1c1ccccc1. The molecule has 0 bridgehead atoms. The Morgan fingerprint density at radius 2 is 1.87 bits per heavy atom. The monoisotopic (exact) mass is 330 g/mol. The number of benzene rings is 1. The number of methoxy groups -OCH3 is 1. The molecular weight excluding hydrogens is 304 g/mol. The molecule has 0 fully saturated rings. The van der Waals surface area contributed by atoms with Gasteiger partial charge in [-0.2, -0.15) is 0 Å². The van der Waals surface area contributed by atoms with Gasteiger partial charge in [-0.05, 0) is 50.2 Å². The summed E-state index contributed by atoms with van der Waals surface area (Å²) in [4.78, 5) is 11.9. The van der Waals surface area contributed by atoms with E-state index in [0.29, 0.717) is 6.42 Å². The Balaban J connectivity index is 2.59. The van der Waals surface area contributed by atoms with E-state index in [1.54, 1.807) is 14.0 Å². The quantitative estimate of drug-likeness (QED) is 0.455. The molecule has 0 saturated heterocycles. The van der Waals surface area contributed by atoms with Crippen molar-refractivity contribution in [2.24, 2.45) is 0 Å². The molecule has 0 spiro atoms. The zero-order chi connectivity index (χ0) is 17.1. The van der Waals surface area contributed by atoms with Gasteiger partial charge in [-0.3, -0.25) is 4.79 Å². The molecule has 124 valence electrons. The standard InChI is InChI=1S/C19H26O3Si/c1-15(20)17-12-9-13-19(21-2,22-23(3,4)5)18(14-17)16-10-7-6-8-11-16/h6-11,13-14,18H,12H2,1-5H3. The molecule has 1 aromatic carbocycles. The van der Waals surface area contributed by atoms with Crippen molar-refractivity contribution in [3.8, 4) is 0 Å². The van der Waals surface area contributed by atoms with E-state index in [2.05, 4.69) is 31.8 Å². The van der Waals surface area contributed by atoms with Gasteiger partial charge in [-0.25, -0.2) is 0 Å². The normalized spacial score (nSPS) is 24.9. The zero-order valence-corrected chi connectivity index (χ0v) is 15.6. The molecule has 0 saturated carbocycles. The summed E-state index contributed by atoms with van der Waals surface area (Å²) in [5.74, 6) is -0.934. The average molecular weight is 330 g/mol. The van der Waals surface area contributed by atoms with Gasteiger partial charge < -0.3 is 9.16 Å². The lowest BCUT2D eigenvalue weighted by molar-refractivity contribution is -0.139. The van der Waals surface area contributed by atoms with E-state index in [1.165, 1.54) is 0 Å². The Labute approximate surface area is 140 Å². The van der Waals surface area contributed by atoms with Crippen LogP contribution < -0.4 is 0 Å². The van der Waals surface area contributed by atoms with Crippen LogP contribution in [0.25, 0.3) is 0 Å². The Kier molecular flexibility index (Phi) is 5.40. The molecule has 2 rings (SSSR count). The Morgan fingerprint density at radius 1 is 1.22 bits per heavy atom. The van der Waals surface area contributed by atoms with Gasteiger partial charge >= 0.3 is 0 Å². The maximum atomic E-state index is 11.9. The largest absolute Gasteiger partial charge is 0.387 e. The van der Waals surface area contributed by atoms with E-state index in [-0.39, 0.29) is 11.7 Å². The average Bonchev–Trinajstić information content (AvgIpc) is 2.67. The van der Waals surface area contributed by atoms with E-state index in [9.17, 15) is 4.79 Å². The fourth-order valence-corrected chi connectivity index (χ4v) is 4.14. The number of ether oxygens (including phenoxy) is 1. The van der Waals surface area contributed by atoms with Crippen molar-refractivity contribution in [1.82, 2.24) is 0 Å².